The third-order valence-electron chi connectivity index (χ3n) is 3.22. The van der Waals surface area contributed by atoms with E-state index in [2.05, 4.69) is 45.1 Å². The van der Waals surface area contributed by atoms with Gasteiger partial charge in [-0.15, -0.1) is 0 Å². The minimum atomic E-state index is -0.421. The smallest absolute Gasteiger partial charge is 0.0914 e. The number of aliphatic hydroxyl groups is 1. The minimum absolute atomic E-state index is 0.421. The Morgan fingerprint density at radius 2 is 1.68 bits per heavy atom. The van der Waals surface area contributed by atoms with E-state index in [1.165, 1.54) is 5.56 Å². The largest absolute Gasteiger partial charge is 0.387 e. The molecule has 2 unspecified atom stereocenters. The molecule has 0 bridgehead atoms. The van der Waals surface area contributed by atoms with Crippen LogP contribution in [0.1, 0.15) is 50.8 Å². The summed E-state index contributed by atoms with van der Waals surface area (Å²) in [5, 5.41) is 13.5. The zero-order chi connectivity index (χ0) is 14.3. The number of hydrogen-bond donors (Lipinski definition) is 2. The van der Waals surface area contributed by atoms with Crippen molar-refractivity contribution in [2.24, 2.45) is 0 Å². The predicted octanol–water partition coefficient (Wildman–Crippen LogP) is 3.57. The molecule has 1 aromatic rings. The molecule has 2 N–H and O–H groups in total. The Morgan fingerprint density at radius 1 is 1.11 bits per heavy atom. The van der Waals surface area contributed by atoms with Crippen LogP contribution in [0.5, 0.6) is 0 Å². The van der Waals surface area contributed by atoms with Crippen LogP contribution < -0.4 is 5.32 Å². The molecule has 2 atom stereocenters. The molecule has 2 nitrogen and oxygen atoms in total. The quantitative estimate of drug-likeness (QED) is 0.764. The molecule has 0 aromatic heterocycles. The van der Waals surface area contributed by atoms with Crippen molar-refractivity contribution in [3.63, 3.8) is 0 Å². The van der Waals surface area contributed by atoms with Gasteiger partial charge in [-0.2, -0.15) is 11.8 Å². The van der Waals surface area contributed by atoms with Crippen molar-refractivity contribution in [3.8, 4) is 0 Å². The highest BCUT2D eigenvalue weighted by molar-refractivity contribution is 7.99. The zero-order valence-electron chi connectivity index (χ0n) is 12.5. The maximum Gasteiger partial charge on any atom is 0.0914 e. The van der Waals surface area contributed by atoms with Gasteiger partial charge in [0.2, 0.25) is 0 Å². The fourth-order valence-electron chi connectivity index (χ4n) is 1.89. The van der Waals surface area contributed by atoms with E-state index in [0.717, 1.165) is 17.1 Å². The molecular formula is C16H27NOS. The number of nitrogens with one attached hydrogen (secondary N) is 1. The summed E-state index contributed by atoms with van der Waals surface area (Å²) >= 11 is 1.92. The van der Waals surface area contributed by atoms with Gasteiger partial charge in [-0.05, 0) is 29.7 Å². The van der Waals surface area contributed by atoms with E-state index in [4.69, 9.17) is 0 Å². The molecule has 3 heteroatoms. The number of hydrogen-bond acceptors (Lipinski definition) is 3. The molecule has 0 heterocycles. The molecule has 1 rings (SSSR count). The normalized spacial score (nSPS) is 14.6. The van der Waals surface area contributed by atoms with Crippen LogP contribution in [0, 0.1) is 0 Å². The Balaban J connectivity index is 2.42. The Morgan fingerprint density at radius 3 is 2.21 bits per heavy atom. The topological polar surface area (TPSA) is 32.3 Å². The molecule has 0 aliphatic carbocycles. The van der Waals surface area contributed by atoms with Crippen LogP contribution in [0.4, 0.5) is 0 Å². The summed E-state index contributed by atoms with van der Waals surface area (Å²) in [4.78, 5) is 0. The van der Waals surface area contributed by atoms with Gasteiger partial charge in [0, 0.05) is 18.3 Å². The summed E-state index contributed by atoms with van der Waals surface area (Å²) < 4.78 is 0. The molecule has 0 amide bonds. The number of thioether (sulfide) groups is 1. The molecule has 108 valence electrons. The summed E-state index contributed by atoms with van der Waals surface area (Å²) in [5.41, 5.74) is 2.31. The highest BCUT2D eigenvalue weighted by atomic mass is 32.2. The number of aliphatic hydroxyl groups excluding tert-OH is 1. The van der Waals surface area contributed by atoms with Gasteiger partial charge < -0.3 is 10.4 Å². The molecule has 0 fully saturated rings. The predicted molar refractivity (Wildman–Crippen MR) is 86.0 cm³/mol. The van der Waals surface area contributed by atoms with E-state index in [-0.39, 0.29) is 0 Å². The Kier molecular flexibility index (Phi) is 7.51. The van der Waals surface area contributed by atoms with Crippen molar-refractivity contribution in [2.75, 3.05) is 18.1 Å². The van der Waals surface area contributed by atoms with Gasteiger partial charge in [-0.3, -0.25) is 0 Å². The molecule has 0 aliphatic rings. The van der Waals surface area contributed by atoms with Gasteiger partial charge in [0.25, 0.3) is 0 Å². The van der Waals surface area contributed by atoms with E-state index in [1.54, 1.807) is 0 Å². The van der Waals surface area contributed by atoms with Crippen molar-refractivity contribution in [1.82, 2.24) is 5.32 Å². The summed E-state index contributed by atoms with van der Waals surface area (Å²) in [7, 11) is 0. The van der Waals surface area contributed by atoms with Gasteiger partial charge in [-0.25, -0.2) is 0 Å². The van der Waals surface area contributed by atoms with Gasteiger partial charge in [0.05, 0.1) is 6.10 Å². The maximum atomic E-state index is 10.2. The molecule has 0 saturated heterocycles. The fraction of sp³-hybridized carbons (Fsp3) is 0.625. The highest BCUT2D eigenvalue weighted by Crippen LogP contribution is 2.18. The molecule has 0 aliphatic heterocycles. The average molecular weight is 281 g/mol. The first kappa shape index (κ1) is 16.5. The third kappa shape index (κ3) is 5.98. The maximum absolute atomic E-state index is 10.2. The minimum Gasteiger partial charge on any atom is -0.387 e. The fourth-order valence-corrected chi connectivity index (χ4v) is 2.59. The first-order valence-corrected chi connectivity index (χ1v) is 8.29. The first-order valence-electron chi connectivity index (χ1n) is 7.13. The lowest BCUT2D eigenvalue weighted by Crippen LogP contribution is -2.32. The highest BCUT2D eigenvalue weighted by Gasteiger charge is 2.09. The van der Waals surface area contributed by atoms with Crippen LogP contribution in [0.2, 0.25) is 0 Å². The van der Waals surface area contributed by atoms with Crippen molar-refractivity contribution < 1.29 is 5.11 Å². The third-order valence-corrected chi connectivity index (χ3v) is 4.36. The van der Waals surface area contributed by atoms with E-state index < -0.39 is 6.10 Å². The lowest BCUT2D eigenvalue weighted by molar-refractivity contribution is 0.172. The summed E-state index contributed by atoms with van der Waals surface area (Å²) in [6.45, 7) is 9.31. The van der Waals surface area contributed by atoms with Crippen LogP contribution in [-0.2, 0) is 0 Å². The standard InChI is InChI=1S/C16H27NOS/c1-5-19-11-13(4)17-10-16(18)15-8-6-14(7-9-15)12(2)3/h6-9,12-13,16-18H,5,10-11H2,1-4H3. The monoisotopic (exact) mass is 281 g/mol. The first-order chi connectivity index (χ1) is 9.04. The Labute approximate surface area is 122 Å². The van der Waals surface area contributed by atoms with Crippen molar-refractivity contribution in [3.05, 3.63) is 35.4 Å². The van der Waals surface area contributed by atoms with Crippen LogP contribution in [0.25, 0.3) is 0 Å². The molecule has 0 radical (unpaired) electrons. The van der Waals surface area contributed by atoms with Crippen molar-refractivity contribution >= 4 is 11.8 Å². The second kappa shape index (κ2) is 8.62. The second-order valence-electron chi connectivity index (χ2n) is 5.31. The van der Waals surface area contributed by atoms with E-state index in [9.17, 15) is 5.11 Å². The summed E-state index contributed by atoms with van der Waals surface area (Å²) in [5.74, 6) is 2.77. The number of benzene rings is 1. The van der Waals surface area contributed by atoms with Gasteiger partial charge in [0.15, 0.2) is 0 Å². The van der Waals surface area contributed by atoms with Crippen LogP contribution in [0.15, 0.2) is 24.3 Å². The van der Waals surface area contributed by atoms with Crippen LogP contribution >= 0.6 is 11.8 Å². The van der Waals surface area contributed by atoms with Crippen molar-refractivity contribution in [2.45, 2.75) is 45.8 Å². The van der Waals surface area contributed by atoms with Crippen LogP contribution in [-0.4, -0.2) is 29.2 Å². The number of rotatable bonds is 8. The van der Waals surface area contributed by atoms with E-state index in [0.29, 0.717) is 18.5 Å². The van der Waals surface area contributed by atoms with Gasteiger partial charge in [0.1, 0.15) is 0 Å². The van der Waals surface area contributed by atoms with Gasteiger partial charge >= 0.3 is 0 Å². The van der Waals surface area contributed by atoms with E-state index in [1.807, 2.05) is 23.9 Å². The molecule has 0 spiro atoms. The molecule has 19 heavy (non-hydrogen) atoms. The van der Waals surface area contributed by atoms with Crippen molar-refractivity contribution in [1.29, 1.82) is 0 Å². The molecular weight excluding hydrogens is 254 g/mol. The molecule has 1 aromatic carbocycles. The van der Waals surface area contributed by atoms with Crippen LogP contribution in [0.3, 0.4) is 0 Å². The average Bonchev–Trinajstić information content (AvgIpc) is 2.42. The Hall–Kier alpha value is -0.510. The summed E-state index contributed by atoms with van der Waals surface area (Å²) in [6.07, 6.45) is -0.421. The van der Waals surface area contributed by atoms with Gasteiger partial charge in [-0.1, -0.05) is 45.0 Å². The molecule has 0 saturated carbocycles. The lowest BCUT2D eigenvalue weighted by atomic mass is 10.00. The lowest BCUT2D eigenvalue weighted by Gasteiger charge is -2.17. The van der Waals surface area contributed by atoms with E-state index >= 15 is 0 Å². The second-order valence-corrected chi connectivity index (χ2v) is 6.62. The Bertz CT molecular complexity index is 350. The summed E-state index contributed by atoms with van der Waals surface area (Å²) in [6, 6.07) is 8.73. The zero-order valence-corrected chi connectivity index (χ0v) is 13.3. The SMILES string of the molecule is CCSCC(C)NCC(O)c1ccc(C(C)C)cc1.